The second kappa shape index (κ2) is 4.59. The lowest BCUT2D eigenvalue weighted by atomic mass is 10.5. The number of alkyl halides is 3. The Labute approximate surface area is 71.8 Å². The van der Waals surface area contributed by atoms with Crippen molar-refractivity contribution in [1.82, 2.24) is 5.32 Å². The minimum atomic E-state index is -5.02. The van der Waals surface area contributed by atoms with E-state index in [2.05, 4.69) is 4.52 Å². The fourth-order valence-corrected chi connectivity index (χ4v) is 0.809. The molecule has 1 amide bonds. The molecule has 0 aliphatic carbocycles. The number of rotatable bonds is 3. The van der Waals surface area contributed by atoms with E-state index in [1.165, 1.54) is 5.32 Å². The third-order valence-corrected chi connectivity index (χ3v) is 1.42. The highest BCUT2D eigenvalue weighted by Crippen LogP contribution is 2.18. The zero-order chi connectivity index (χ0) is 10.6. The summed E-state index contributed by atoms with van der Waals surface area (Å²) in [4.78, 5) is 18.3. The van der Waals surface area contributed by atoms with Crippen LogP contribution in [0.4, 0.5) is 13.2 Å². The molecule has 0 heterocycles. The first-order valence-corrected chi connectivity index (χ1v) is 4.27. The molecule has 0 rings (SSSR count). The summed E-state index contributed by atoms with van der Waals surface area (Å²) in [5.41, 5.74) is 0. The van der Waals surface area contributed by atoms with Crippen molar-refractivity contribution in [3.8, 4) is 0 Å². The third-order valence-electron chi connectivity index (χ3n) is 0.869. The van der Waals surface area contributed by atoms with Gasteiger partial charge in [0.05, 0.1) is 0 Å². The summed E-state index contributed by atoms with van der Waals surface area (Å²) in [5, 5.41) is 1.33. The van der Waals surface area contributed by atoms with Gasteiger partial charge in [0.1, 0.15) is 6.23 Å². The minimum absolute atomic E-state index is 1.00. The Bertz CT molecular complexity index is 218. The Morgan fingerprint density at radius 2 is 2.08 bits per heavy atom. The van der Waals surface area contributed by atoms with E-state index in [1.807, 2.05) is 0 Å². The van der Waals surface area contributed by atoms with Gasteiger partial charge in [-0.1, -0.05) is 0 Å². The number of halogens is 3. The highest BCUT2D eigenvalue weighted by atomic mass is 31.1. The first kappa shape index (κ1) is 12.4. The Kier molecular flexibility index (Phi) is 4.38. The van der Waals surface area contributed by atoms with Gasteiger partial charge in [0.15, 0.2) is 0 Å². The SMILES string of the molecule is CC(NC(=O)C(F)(F)F)O[PH](=O)O. The number of hydrogen-bond donors (Lipinski definition) is 2. The van der Waals surface area contributed by atoms with Gasteiger partial charge in [0.2, 0.25) is 0 Å². The van der Waals surface area contributed by atoms with Crippen LogP contribution < -0.4 is 5.32 Å². The van der Waals surface area contributed by atoms with E-state index in [1.54, 1.807) is 0 Å². The molecular weight excluding hydrogens is 214 g/mol. The standard InChI is InChI=1S/C4H7F3NO4P/c1-2(12-13(10)11)8-3(9)4(5,6)7/h2,13H,1H3,(H,8,9)(H,10,11). The van der Waals surface area contributed by atoms with Gasteiger partial charge in [-0.25, -0.2) is 0 Å². The second-order valence-corrected chi connectivity index (χ2v) is 2.76. The van der Waals surface area contributed by atoms with Gasteiger partial charge in [-0.05, 0) is 6.92 Å². The topological polar surface area (TPSA) is 75.6 Å². The molecule has 0 aromatic rings. The average molecular weight is 221 g/mol. The van der Waals surface area contributed by atoms with Gasteiger partial charge < -0.3 is 10.2 Å². The molecule has 9 heteroatoms. The molecule has 5 nitrogen and oxygen atoms in total. The first-order chi connectivity index (χ1) is 5.73. The van der Waals surface area contributed by atoms with Crippen LogP contribution in [0.25, 0.3) is 0 Å². The van der Waals surface area contributed by atoms with Gasteiger partial charge in [0, 0.05) is 0 Å². The van der Waals surface area contributed by atoms with Crippen LogP contribution in [-0.4, -0.2) is 23.2 Å². The molecule has 0 spiro atoms. The lowest BCUT2D eigenvalue weighted by Crippen LogP contribution is -2.42. The van der Waals surface area contributed by atoms with E-state index in [0.29, 0.717) is 0 Å². The summed E-state index contributed by atoms with van der Waals surface area (Å²) in [7, 11) is -3.36. The molecule has 0 bridgehead atoms. The summed E-state index contributed by atoms with van der Waals surface area (Å²) < 4.78 is 48.6. The lowest BCUT2D eigenvalue weighted by Gasteiger charge is -2.13. The van der Waals surface area contributed by atoms with Crippen molar-refractivity contribution in [2.24, 2.45) is 0 Å². The molecule has 78 valence electrons. The number of carbonyl (C=O) groups excluding carboxylic acids is 1. The van der Waals surface area contributed by atoms with Crippen molar-refractivity contribution in [2.45, 2.75) is 19.3 Å². The maximum Gasteiger partial charge on any atom is 0.471 e. The molecule has 0 saturated heterocycles. The zero-order valence-corrected chi connectivity index (χ0v) is 7.38. The van der Waals surface area contributed by atoms with Gasteiger partial charge in [-0.2, -0.15) is 13.2 Å². The molecule has 0 aromatic carbocycles. The fourth-order valence-electron chi connectivity index (χ4n) is 0.447. The van der Waals surface area contributed by atoms with Crippen LogP contribution >= 0.6 is 8.25 Å². The average Bonchev–Trinajstić information content (AvgIpc) is 1.82. The molecule has 13 heavy (non-hydrogen) atoms. The maximum absolute atomic E-state index is 11.5. The van der Waals surface area contributed by atoms with Crippen molar-refractivity contribution in [3.63, 3.8) is 0 Å². The molecule has 2 atom stereocenters. The Balaban J connectivity index is 4.00. The summed E-state index contributed by atoms with van der Waals surface area (Å²) in [6.45, 7) is 1.00. The summed E-state index contributed by atoms with van der Waals surface area (Å²) in [5.74, 6) is -2.22. The van der Waals surface area contributed by atoms with Gasteiger partial charge in [-0.3, -0.25) is 13.9 Å². The van der Waals surface area contributed by atoms with Crippen molar-refractivity contribution in [3.05, 3.63) is 0 Å². The van der Waals surface area contributed by atoms with Crippen molar-refractivity contribution in [2.75, 3.05) is 0 Å². The molecule has 0 aromatic heterocycles. The molecule has 0 saturated carbocycles. The second-order valence-electron chi connectivity index (χ2n) is 2.00. The van der Waals surface area contributed by atoms with E-state index in [4.69, 9.17) is 4.89 Å². The highest BCUT2D eigenvalue weighted by molar-refractivity contribution is 7.32. The van der Waals surface area contributed by atoms with Crippen molar-refractivity contribution >= 4 is 14.2 Å². The van der Waals surface area contributed by atoms with Gasteiger partial charge >= 0.3 is 20.3 Å². The predicted molar refractivity (Wildman–Crippen MR) is 36.0 cm³/mol. The highest BCUT2D eigenvalue weighted by Gasteiger charge is 2.39. The van der Waals surface area contributed by atoms with Crippen LogP contribution in [-0.2, 0) is 13.9 Å². The Morgan fingerprint density at radius 3 is 2.38 bits per heavy atom. The predicted octanol–water partition coefficient (Wildman–Crippen LogP) is 0.409. The van der Waals surface area contributed by atoms with Crippen molar-refractivity contribution < 1.29 is 31.9 Å². The molecule has 0 radical (unpaired) electrons. The molecule has 2 unspecified atom stereocenters. The maximum atomic E-state index is 11.5. The van der Waals surface area contributed by atoms with E-state index >= 15 is 0 Å². The largest absolute Gasteiger partial charge is 0.471 e. The van der Waals surface area contributed by atoms with Gasteiger partial charge in [0.25, 0.3) is 0 Å². The number of nitrogens with one attached hydrogen (secondary N) is 1. The molecule has 0 aliphatic rings. The molecule has 2 N–H and O–H groups in total. The Morgan fingerprint density at radius 1 is 1.62 bits per heavy atom. The van der Waals surface area contributed by atoms with Crippen LogP contribution in [0.3, 0.4) is 0 Å². The van der Waals surface area contributed by atoms with E-state index in [9.17, 15) is 22.5 Å². The van der Waals surface area contributed by atoms with E-state index in [-0.39, 0.29) is 0 Å². The minimum Gasteiger partial charge on any atom is -0.326 e. The van der Waals surface area contributed by atoms with Crippen LogP contribution in [0, 0.1) is 0 Å². The third kappa shape index (κ3) is 5.62. The number of hydrogen-bond acceptors (Lipinski definition) is 3. The number of amides is 1. The summed E-state index contributed by atoms with van der Waals surface area (Å²) >= 11 is 0. The van der Waals surface area contributed by atoms with Gasteiger partial charge in [-0.15, -0.1) is 0 Å². The van der Waals surface area contributed by atoms with Crippen LogP contribution in [0.2, 0.25) is 0 Å². The molecule has 0 aliphatic heterocycles. The smallest absolute Gasteiger partial charge is 0.326 e. The van der Waals surface area contributed by atoms with Crippen molar-refractivity contribution in [1.29, 1.82) is 0 Å². The van der Waals surface area contributed by atoms with E-state index < -0.39 is 26.6 Å². The van der Waals surface area contributed by atoms with Crippen LogP contribution in [0.5, 0.6) is 0 Å². The molecular formula is C4H7F3NO4P. The Hall–Kier alpha value is -0.590. The van der Waals surface area contributed by atoms with Crippen LogP contribution in [0.15, 0.2) is 0 Å². The monoisotopic (exact) mass is 221 g/mol. The first-order valence-electron chi connectivity index (χ1n) is 3.00. The summed E-state index contributed by atoms with van der Waals surface area (Å²) in [6, 6.07) is 0. The van der Waals surface area contributed by atoms with E-state index in [0.717, 1.165) is 6.92 Å². The quantitative estimate of drug-likeness (QED) is 0.534. The molecule has 0 fully saturated rings. The fraction of sp³-hybridized carbons (Fsp3) is 0.750. The number of carbonyl (C=O) groups is 1. The van der Waals surface area contributed by atoms with Crippen LogP contribution in [0.1, 0.15) is 6.92 Å². The lowest BCUT2D eigenvalue weighted by molar-refractivity contribution is -0.175. The normalized spacial score (nSPS) is 16.4. The zero-order valence-electron chi connectivity index (χ0n) is 6.38. The summed E-state index contributed by atoms with van der Waals surface area (Å²) in [6.07, 6.45) is -6.48.